The zero-order chi connectivity index (χ0) is 10.5. The maximum Gasteiger partial charge on any atom is 0.376 e. The lowest BCUT2D eigenvalue weighted by Gasteiger charge is -2.24. The van der Waals surface area contributed by atoms with E-state index in [1.165, 1.54) is 6.92 Å². The smallest absolute Gasteiger partial charge is 0.376 e. The van der Waals surface area contributed by atoms with E-state index in [9.17, 15) is 8.78 Å². The summed E-state index contributed by atoms with van der Waals surface area (Å²) in [5.74, 6) is 0. The van der Waals surface area contributed by atoms with Crippen LogP contribution in [0.5, 0.6) is 0 Å². The quantitative estimate of drug-likeness (QED) is 0.544. The minimum absolute atomic E-state index is 0.240. The van der Waals surface area contributed by atoms with Crippen LogP contribution in [0.15, 0.2) is 0 Å². The second-order valence-corrected chi connectivity index (χ2v) is 3.29. The van der Waals surface area contributed by atoms with Crippen LogP contribution in [0.1, 0.15) is 6.92 Å². The summed E-state index contributed by atoms with van der Waals surface area (Å²) in [4.78, 5) is 0. The summed E-state index contributed by atoms with van der Waals surface area (Å²) in [6, 6.07) is 0. The molecule has 0 aromatic rings. The fourth-order valence-corrected chi connectivity index (χ4v) is 0.562. The summed E-state index contributed by atoms with van der Waals surface area (Å²) in [6.45, 7) is -0.651. The molecular formula is C7H14F2O4. The Morgan fingerprint density at radius 2 is 1.62 bits per heavy atom. The van der Waals surface area contributed by atoms with E-state index in [1.807, 2.05) is 0 Å². The van der Waals surface area contributed by atoms with E-state index in [2.05, 4.69) is 4.74 Å². The van der Waals surface area contributed by atoms with Gasteiger partial charge in [0.1, 0.15) is 6.61 Å². The van der Waals surface area contributed by atoms with Crippen molar-refractivity contribution in [1.29, 1.82) is 0 Å². The van der Waals surface area contributed by atoms with Gasteiger partial charge in [-0.3, -0.25) is 0 Å². The third kappa shape index (κ3) is 5.87. The van der Waals surface area contributed by atoms with E-state index < -0.39 is 18.1 Å². The normalized spacial score (nSPS) is 13.4. The summed E-state index contributed by atoms with van der Waals surface area (Å²) < 4.78 is 28.0. The third-order valence-electron chi connectivity index (χ3n) is 1.49. The van der Waals surface area contributed by atoms with Crippen LogP contribution < -0.4 is 0 Å². The number of rotatable bonds is 6. The molecule has 0 saturated heterocycles. The molecule has 0 bridgehead atoms. The molecule has 0 aliphatic carbocycles. The number of halogens is 2. The van der Waals surface area contributed by atoms with Crippen LogP contribution in [0.4, 0.5) is 8.78 Å². The molecule has 0 amide bonds. The Morgan fingerprint density at radius 3 is 1.92 bits per heavy atom. The number of hydrogen-bond acceptors (Lipinski definition) is 4. The molecule has 4 nitrogen and oxygen atoms in total. The highest BCUT2D eigenvalue weighted by Gasteiger charge is 2.28. The van der Waals surface area contributed by atoms with Gasteiger partial charge in [-0.15, -0.1) is 0 Å². The largest absolute Gasteiger partial charge is 0.396 e. The Hall–Kier alpha value is -0.300. The van der Waals surface area contributed by atoms with E-state index >= 15 is 0 Å². The minimum atomic E-state index is -3.87. The molecule has 0 aliphatic rings. The number of ether oxygens (including phenoxy) is 1. The highest BCUT2D eigenvalue weighted by molar-refractivity contribution is 4.71. The predicted octanol–water partition coefficient (Wildman–Crippen LogP) is -0.421. The molecule has 0 radical (unpaired) electrons. The Labute approximate surface area is 74.8 Å². The van der Waals surface area contributed by atoms with Gasteiger partial charge in [-0.05, 0) is 0 Å². The molecule has 13 heavy (non-hydrogen) atoms. The maximum absolute atomic E-state index is 11.8. The Kier molecular flexibility index (Phi) is 4.69. The lowest BCUT2D eigenvalue weighted by atomic mass is 9.95. The van der Waals surface area contributed by atoms with E-state index in [0.717, 1.165) is 0 Å². The SMILES string of the molecule is CC(CO)(CO)COCC(O)(F)F. The lowest BCUT2D eigenvalue weighted by molar-refractivity contribution is -0.236. The van der Waals surface area contributed by atoms with Gasteiger partial charge in [0.05, 0.1) is 19.8 Å². The average Bonchev–Trinajstić information content (AvgIpc) is 2.02. The van der Waals surface area contributed by atoms with Crippen LogP contribution in [0, 0.1) is 5.41 Å². The van der Waals surface area contributed by atoms with Crippen molar-refractivity contribution in [3.8, 4) is 0 Å². The molecule has 80 valence electrons. The fraction of sp³-hybridized carbons (Fsp3) is 1.00. The Morgan fingerprint density at radius 1 is 1.15 bits per heavy atom. The first-order valence-electron chi connectivity index (χ1n) is 3.73. The van der Waals surface area contributed by atoms with Crippen LogP contribution in [0.3, 0.4) is 0 Å². The number of alkyl halides is 2. The van der Waals surface area contributed by atoms with Gasteiger partial charge in [0.25, 0.3) is 0 Å². The van der Waals surface area contributed by atoms with E-state index in [4.69, 9.17) is 15.3 Å². The Bertz CT molecular complexity index is 142. The van der Waals surface area contributed by atoms with E-state index in [0.29, 0.717) is 0 Å². The van der Waals surface area contributed by atoms with Gasteiger partial charge < -0.3 is 20.1 Å². The van der Waals surface area contributed by atoms with Gasteiger partial charge in [0.15, 0.2) is 0 Å². The van der Waals surface area contributed by atoms with Crippen molar-refractivity contribution in [3.63, 3.8) is 0 Å². The number of aliphatic hydroxyl groups is 3. The van der Waals surface area contributed by atoms with Gasteiger partial charge >= 0.3 is 6.11 Å². The first kappa shape index (κ1) is 12.7. The summed E-state index contributed by atoms with van der Waals surface area (Å²) in [7, 11) is 0. The molecule has 0 aromatic heterocycles. The summed E-state index contributed by atoms with van der Waals surface area (Å²) in [5, 5.41) is 25.4. The molecule has 0 rings (SSSR count). The second kappa shape index (κ2) is 4.80. The molecular weight excluding hydrogens is 186 g/mol. The second-order valence-electron chi connectivity index (χ2n) is 3.29. The Balaban J connectivity index is 3.74. The fourth-order valence-electron chi connectivity index (χ4n) is 0.562. The van der Waals surface area contributed by atoms with E-state index in [-0.39, 0.29) is 19.8 Å². The standard InChI is InChI=1S/C7H14F2O4/c1-6(2-10,3-11)4-13-5-7(8,9)12/h10-12H,2-5H2,1H3. The predicted molar refractivity (Wildman–Crippen MR) is 40.3 cm³/mol. The summed E-state index contributed by atoms with van der Waals surface area (Å²) in [5.41, 5.74) is -0.953. The van der Waals surface area contributed by atoms with Crippen LogP contribution in [0.25, 0.3) is 0 Å². The highest BCUT2D eigenvalue weighted by Crippen LogP contribution is 2.16. The third-order valence-corrected chi connectivity index (χ3v) is 1.49. The number of aliphatic hydroxyl groups excluding tert-OH is 2. The molecule has 0 saturated carbocycles. The number of hydrogen-bond donors (Lipinski definition) is 3. The zero-order valence-corrected chi connectivity index (χ0v) is 7.33. The van der Waals surface area contributed by atoms with Crippen molar-refractivity contribution < 1.29 is 28.8 Å². The van der Waals surface area contributed by atoms with E-state index in [1.54, 1.807) is 0 Å². The van der Waals surface area contributed by atoms with Crippen LogP contribution in [-0.2, 0) is 4.74 Å². The first-order valence-corrected chi connectivity index (χ1v) is 3.73. The zero-order valence-electron chi connectivity index (χ0n) is 7.33. The van der Waals surface area contributed by atoms with Crippen molar-refractivity contribution >= 4 is 0 Å². The van der Waals surface area contributed by atoms with Crippen LogP contribution >= 0.6 is 0 Å². The average molecular weight is 200 g/mol. The molecule has 0 fully saturated rings. The molecule has 0 spiro atoms. The first-order chi connectivity index (χ1) is 5.83. The molecule has 3 N–H and O–H groups in total. The molecule has 0 atom stereocenters. The summed E-state index contributed by atoms with van der Waals surface area (Å²) in [6.07, 6.45) is -3.87. The molecule has 0 aliphatic heterocycles. The van der Waals surface area contributed by atoms with Crippen LogP contribution in [-0.4, -0.2) is 47.9 Å². The minimum Gasteiger partial charge on any atom is -0.396 e. The van der Waals surface area contributed by atoms with Gasteiger partial charge in [-0.1, -0.05) is 6.92 Å². The van der Waals surface area contributed by atoms with Crippen molar-refractivity contribution in [2.24, 2.45) is 5.41 Å². The topological polar surface area (TPSA) is 69.9 Å². The van der Waals surface area contributed by atoms with Crippen molar-refractivity contribution in [1.82, 2.24) is 0 Å². The molecule has 0 heterocycles. The highest BCUT2D eigenvalue weighted by atomic mass is 19.3. The lowest BCUT2D eigenvalue weighted by Crippen LogP contribution is -2.34. The van der Waals surface area contributed by atoms with Crippen LogP contribution in [0.2, 0.25) is 0 Å². The van der Waals surface area contributed by atoms with Crippen molar-refractivity contribution in [2.75, 3.05) is 26.4 Å². The maximum atomic E-state index is 11.8. The molecule has 0 unspecified atom stereocenters. The van der Waals surface area contributed by atoms with Gasteiger partial charge in [0, 0.05) is 5.41 Å². The van der Waals surface area contributed by atoms with Gasteiger partial charge in [-0.25, -0.2) is 0 Å². The summed E-state index contributed by atoms with van der Waals surface area (Å²) >= 11 is 0. The molecule has 0 aromatic carbocycles. The van der Waals surface area contributed by atoms with Gasteiger partial charge in [0.2, 0.25) is 0 Å². The van der Waals surface area contributed by atoms with Gasteiger partial charge in [-0.2, -0.15) is 8.78 Å². The molecule has 6 heteroatoms. The monoisotopic (exact) mass is 200 g/mol. The van der Waals surface area contributed by atoms with Crippen molar-refractivity contribution in [2.45, 2.75) is 13.0 Å². The van der Waals surface area contributed by atoms with Crippen molar-refractivity contribution in [3.05, 3.63) is 0 Å².